The van der Waals surface area contributed by atoms with Gasteiger partial charge < -0.3 is 5.32 Å². The second-order valence-electron chi connectivity index (χ2n) is 2.96. The van der Waals surface area contributed by atoms with Gasteiger partial charge in [-0.15, -0.1) is 0 Å². The van der Waals surface area contributed by atoms with E-state index in [-0.39, 0.29) is 18.0 Å². The zero-order valence-electron chi connectivity index (χ0n) is 8.40. The maximum atomic E-state index is 13.0. The highest BCUT2D eigenvalue weighted by Crippen LogP contribution is 2.12. The lowest BCUT2D eigenvalue weighted by Gasteiger charge is -1.96. The average molecular weight is 227 g/mol. The summed E-state index contributed by atoms with van der Waals surface area (Å²) in [7, 11) is 0. The van der Waals surface area contributed by atoms with E-state index >= 15 is 0 Å². The Hall–Kier alpha value is -1.96. The van der Waals surface area contributed by atoms with Crippen LogP contribution in [-0.4, -0.2) is 12.5 Å². The highest BCUT2D eigenvalue weighted by molar-refractivity contribution is 5.73. The fraction of sp³-hybridized carbons (Fsp3) is 0.182. The van der Waals surface area contributed by atoms with Crippen molar-refractivity contribution in [2.45, 2.75) is 6.92 Å². The van der Waals surface area contributed by atoms with Crippen LogP contribution in [0, 0.1) is 29.3 Å². The molecule has 0 saturated heterocycles. The molecule has 0 spiro atoms. The van der Waals surface area contributed by atoms with E-state index in [0.717, 1.165) is 0 Å². The normalized spacial score (nSPS) is 9.25. The van der Waals surface area contributed by atoms with Crippen molar-refractivity contribution in [1.82, 2.24) is 5.32 Å². The molecule has 0 aliphatic carbocycles. The van der Waals surface area contributed by atoms with Crippen LogP contribution in [0.15, 0.2) is 12.1 Å². The second-order valence-corrected chi connectivity index (χ2v) is 2.96. The summed E-state index contributed by atoms with van der Waals surface area (Å²) in [6.07, 6.45) is 0. The third-order valence-corrected chi connectivity index (χ3v) is 1.66. The molecule has 0 atom stereocenters. The predicted molar refractivity (Wildman–Crippen MR) is 51.9 cm³/mol. The molecule has 1 N–H and O–H groups in total. The summed E-state index contributed by atoms with van der Waals surface area (Å²) in [5.74, 6) is 1.06. The predicted octanol–water partition coefficient (Wildman–Crippen LogP) is 1.59. The van der Waals surface area contributed by atoms with Gasteiger partial charge >= 0.3 is 0 Å². The standard InChI is InChI=1S/C11H8F3NO/c1-7(16)15-4-2-3-8-5-10(13)11(14)6-9(8)12/h5-6H,4H2,1H3,(H,15,16). The van der Waals surface area contributed by atoms with Gasteiger partial charge in [-0.2, -0.15) is 0 Å². The molecule has 0 bridgehead atoms. The smallest absolute Gasteiger partial charge is 0.217 e. The van der Waals surface area contributed by atoms with Crippen molar-refractivity contribution < 1.29 is 18.0 Å². The van der Waals surface area contributed by atoms with Crippen LogP contribution in [0.1, 0.15) is 12.5 Å². The summed E-state index contributed by atoms with van der Waals surface area (Å²) in [5.41, 5.74) is -0.246. The van der Waals surface area contributed by atoms with Gasteiger partial charge in [0.05, 0.1) is 12.1 Å². The summed E-state index contributed by atoms with van der Waals surface area (Å²) in [4.78, 5) is 10.5. The molecule has 0 saturated carbocycles. The van der Waals surface area contributed by atoms with Gasteiger partial charge in [0.2, 0.25) is 5.91 Å². The first-order valence-corrected chi connectivity index (χ1v) is 4.38. The molecule has 0 unspecified atom stereocenters. The van der Waals surface area contributed by atoms with E-state index in [2.05, 4.69) is 17.2 Å². The Morgan fingerprint density at radius 3 is 2.50 bits per heavy atom. The van der Waals surface area contributed by atoms with Gasteiger partial charge in [0.1, 0.15) is 5.82 Å². The second kappa shape index (κ2) is 5.21. The van der Waals surface area contributed by atoms with Crippen LogP contribution >= 0.6 is 0 Å². The largest absolute Gasteiger partial charge is 0.345 e. The Morgan fingerprint density at radius 1 is 1.25 bits per heavy atom. The number of amides is 1. The third-order valence-electron chi connectivity index (χ3n) is 1.66. The summed E-state index contributed by atoms with van der Waals surface area (Å²) < 4.78 is 38.3. The van der Waals surface area contributed by atoms with Crippen molar-refractivity contribution in [3.63, 3.8) is 0 Å². The van der Waals surface area contributed by atoms with E-state index in [1.165, 1.54) is 6.92 Å². The molecule has 0 fully saturated rings. The first-order valence-electron chi connectivity index (χ1n) is 4.38. The van der Waals surface area contributed by atoms with Gasteiger partial charge in [-0.05, 0) is 6.07 Å². The summed E-state index contributed by atoms with van der Waals surface area (Å²) in [6.45, 7) is 1.33. The Bertz CT molecular complexity index is 474. The molecule has 0 heterocycles. The summed E-state index contributed by atoms with van der Waals surface area (Å²) in [5, 5.41) is 2.36. The molecule has 1 amide bonds. The SMILES string of the molecule is CC(=O)NCC#Cc1cc(F)c(F)cc1F. The van der Waals surface area contributed by atoms with Gasteiger partial charge in [0, 0.05) is 13.0 Å². The van der Waals surface area contributed by atoms with Gasteiger partial charge in [-0.3, -0.25) is 4.79 Å². The molecule has 0 aliphatic heterocycles. The van der Waals surface area contributed by atoms with E-state index in [4.69, 9.17) is 0 Å². The topological polar surface area (TPSA) is 29.1 Å². The quantitative estimate of drug-likeness (QED) is 0.573. The molecule has 0 aromatic heterocycles. The van der Waals surface area contributed by atoms with Crippen molar-refractivity contribution >= 4 is 5.91 Å². The monoisotopic (exact) mass is 227 g/mol. The van der Waals surface area contributed by atoms with Crippen LogP contribution < -0.4 is 5.32 Å². The molecule has 1 aromatic rings. The Labute approximate surface area is 90.5 Å². The molecule has 84 valence electrons. The highest BCUT2D eigenvalue weighted by atomic mass is 19.2. The van der Waals surface area contributed by atoms with Crippen molar-refractivity contribution in [3.05, 3.63) is 35.1 Å². The van der Waals surface area contributed by atoms with Crippen molar-refractivity contribution in [2.24, 2.45) is 0 Å². The number of halogens is 3. The van der Waals surface area contributed by atoms with E-state index in [9.17, 15) is 18.0 Å². The van der Waals surface area contributed by atoms with E-state index < -0.39 is 17.5 Å². The lowest BCUT2D eigenvalue weighted by molar-refractivity contribution is -0.118. The summed E-state index contributed by atoms with van der Waals surface area (Å²) in [6, 6.07) is 1.10. The van der Waals surface area contributed by atoms with Crippen LogP contribution in [0.4, 0.5) is 13.2 Å². The van der Waals surface area contributed by atoms with Crippen molar-refractivity contribution in [1.29, 1.82) is 0 Å². The number of nitrogens with one attached hydrogen (secondary N) is 1. The fourth-order valence-corrected chi connectivity index (χ4v) is 0.926. The molecule has 1 aromatic carbocycles. The molecule has 0 radical (unpaired) electrons. The minimum absolute atomic E-state index is 0.0216. The molecule has 2 nitrogen and oxygen atoms in total. The van der Waals surface area contributed by atoms with Crippen LogP contribution in [-0.2, 0) is 4.79 Å². The molecule has 16 heavy (non-hydrogen) atoms. The van der Waals surface area contributed by atoms with Crippen molar-refractivity contribution in [3.8, 4) is 11.8 Å². The zero-order valence-corrected chi connectivity index (χ0v) is 8.40. The highest BCUT2D eigenvalue weighted by Gasteiger charge is 2.07. The zero-order chi connectivity index (χ0) is 12.1. The fourth-order valence-electron chi connectivity index (χ4n) is 0.926. The maximum Gasteiger partial charge on any atom is 0.217 e. The van der Waals surface area contributed by atoms with Gasteiger partial charge in [0.15, 0.2) is 11.6 Å². The lowest BCUT2D eigenvalue weighted by atomic mass is 10.2. The van der Waals surface area contributed by atoms with Gasteiger partial charge in [-0.1, -0.05) is 11.8 Å². The Balaban J connectivity index is 2.81. The molecule has 0 aliphatic rings. The molecular weight excluding hydrogens is 219 g/mol. The number of hydrogen-bond acceptors (Lipinski definition) is 1. The number of carbonyl (C=O) groups excluding carboxylic acids is 1. The van der Waals surface area contributed by atoms with Crippen LogP contribution in [0.25, 0.3) is 0 Å². The first kappa shape index (κ1) is 12.1. The van der Waals surface area contributed by atoms with E-state index in [1.54, 1.807) is 0 Å². The third kappa shape index (κ3) is 3.31. The van der Waals surface area contributed by atoms with Crippen LogP contribution in [0.2, 0.25) is 0 Å². The minimum atomic E-state index is -1.26. The average Bonchev–Trinajstić information content (AvgIpc) is 2.19. The molecule has 5 heteroatoms. The number of carbonyl (C=O) groups is 1. The molecule has 1 rings (SSSR count). The summed E-state index contributed by atoms with van der Waals surface area (Å²) >= 11 is 0. The van der Waals surface area contributed by atoms with E-state index in [1.807, 2.05) is 0 Å². The van der Waals surface area contributed by atoms with Gasteiger partial charge in [0.25, 0.3) is 0 Å². The number of hydrogen-bond donors (Lipinski definition) is 1. The first-order chi connectivity index (χ1) is 7.50. The molecular formula is C11H8F3NO. The maximum absolute atomic E-state index is 13.0. The lowest BCUT2D eigenvalue weighted by Crippen LogP contribution is -2.19. The number of benzene rings is 1. The van der Waals surface area contributed by atoms with Crippen molar-refractivity contribution in [2.75, 3.05) is 6.54 Å². The van der Waals surface area contributed by atoms with Crippen LogP contribution in [0.5, 0.6) is 0 Å². The van der Waals surface area contributed by atoms with Gasteiger partial charge in [-0.25, -0.2) is 13.2 Å². The minimum Gasteiger partial charge on any atom is -0.345 e. The number of rotatable bonds is 1. The Morgan fingerprint density at radius 2 is 1.88 bits per heavy atom. The Kier molecular flexibility index (Phi) is 3.95. The van der Waals surface area contributed by atoms with Crippen LogP contribution in [0.3, 0.4) is 0 Å². The van der Waals surface area contributed by atoms with E-state index in [0.29, 0.717) is 12.1 Å².